The average molecular weight is 566 g/mol. The zero-order valence-corrected chi connectivity index (χ0v) is 21.8. The van der Waals surface area contributed by atoms with Gasteiger partial charge in [0.15, 0.2) is 11.6 Å². The second kappa shape index (κ2) is 12.1. The number of urea groups is 1. The smallest absolute Gasteiger partial charge is 0.320 e. The van der Waals surface area contributed by atoms with E-state index in [0.29, 0.717) is 47.8 Å². The maximum absolute atomic E-state index is 14.0. The number of methoxy groups -OCH3 is 2. The molecule has 2 aliphatic rings. The Morgan fingerprint density at radius 2 is 2.03 bits per heavy atom. The van der Waals surface area contributed by atoms with Crippen molar-refractivity contribution in [1.82, 2.24) is 20.0 Å². The van der Waals surface area contributed by atoms with E-state index in [1.54, 1.807) is 25.0 Å². The van der Waals surface area contributed by atoms with E-state index >= 15 is 0 Å². The highest BCUT2D eigenvalue weighted by Gasteiger charge is 2.35. The summed E-state index contributed by atoms with van der Waals surface area (Å²) in [7, 11) is 3.21. The molecular weight excluding hydrogens is 536 g/mol. The van der Waals surface area contributed by atoms with Crippen molar-refractivity contribution in [2.45, 2.75) is 31.0 Å². The molecule has 11 heteroatoms. The molecule has 0 saturated carbocycles. The number of carbonyl (C=O) groups is 1. The molecule has 3 atom stereocenters. The minimum Gasteiger partial charge on any atom is -0.383 e. The fourth-order valence-electron chi connectivity index (χ4n) is 4.62. The van der Waals surface area contributed by atoms with E-state index in [0.717, 1.165) is 12.5 Å². The normalized spacial score (nSPS) is 21.8. The summed E-state index contributed by atoms with van der Waals surface area (Å²) in [5.41, 5.74) is 1.30. The summed E-state index contributed by atoms with van der Waals surface area (Å²) in [4.78, 5) is 15.4. The van der Waals surface area contributed by atoms with Crippen LogP contribution < -0.4 is 10.6 Å². The monoisotopic (exact) mass is 565 g/mol. The Morgan fingerprint density at radius 1 is 1.19 bits per heavy atom. The molecule has 2 amide bonds. The third kappa shape index (κ3) is 6.03. The van der Waals surface area contributed by atoms with E-state index in [9.17, 15) is 13.6 Å². The standard InChI is InChI=1S/C25H30BrF2N5O3/c1-35-11-10-32-13-18(16-8-9-19(27)20(28)12-16)21(14-32)29-25(34)30-24-23(26)22(15-36-2)31-33(24)17-6-4-3-5-7-17/h3-6,8-9,12,17-18,21H,7,10-11,13-15H2,1-2H3,(H2,29,30,34)/t17?,18-,21+/m0/s1. The fraction of sp³-hybridized carbons (Fsp3) is 0.440. The quantitative estimate of drug-likeness (QED) is 0.472. The van der Waals surface area contributed by atoms with Crippen LogP contribution in [0.5, 0.6) is 0 Å². The number of allylic oxidation sites excluding steroid dienone is 4. The molecule has 1 aliphatic carbocycles. The summed E-state index contributed by atoms with van der Waals surface area (Å²) in [5, 5.41) is 10.6. The van der Waals surface area contributed by atoms with Crippen LogP contribution in [-0.2, 0) is 16.1 Å². The lowest BCUT2D eigenvalue weighted by Crippen LogP contribution is -2.42. The summed E-state index contributed by atoms with van der Waals surface area (Å²) in [6.45, 7) is 2.60. The Morgan fingerprint density at radius 3 is 2.72 bits per heavy atom. The Kier molecular flexibility index (Phi) is 8.89. The highest BCUT2D eigenvalue weighted by molar-refractivity contribution is 9.10. The topological polar surface area (TPSA) is 80.7 Å². The third-order valence-corrected chi connectivity index (χ3v) is 7.23. The highest BCUT2D eigenvalue weighted by Crippen LogP contribution is 2.33. The third-order valence-electron chi connectivity index (χ3n) is 6.40. The van der Waals surface area contributed by atoms with E-state index in [2.05, 4.69) is 36.6 Å². The number of aromatic nitrogens is 2. The number of hydrogen-bond acceptors (Lipinski definition) is 5. The number of ether oxygens (including phenoxy) is 2. The number of halogens is 3. The van der Waals surface area contributed by atoms with Gasteiger partial charge in [0.1, 0.15) is 11.5 Å². The van der Waals surface area contributed by atoms with Crippen LogP contribution in [0.4, 0.5) is 19.4 Å². The van der Waals surface area contributed by atoms with Gasteiger partial charge in [0, 0.05) is 39.8 Å². The van der Waals surface area contributed by atoms with Crippen LogP contribution in [-0.4, -0.2) is 67.2 Å². The zero-order valence-electron chi connectivity index (χ0n) is 20.2. The second-order valence-electron chi connectivity index (χ2n) is 8.84. The van der Waals surface area contributed by atoms with E-state index in [4.69, 9.17) is 9.47 Å². The summed E-state index contributed by atoms with van der Waals surface area (Å²) in [6.07, 6.45) is 8.72. The van der Waals surface area contributed by atoms with Gasteiger partial charge in [0.25, 0.3) is 0 Å². The molecule has 1 aliphatic heterocycles. The maximum Gasteiger partial charge on any atom is 0.320 e. The first kappa shape index (κ1) is 26.5. The van der Waals surface area contributed by atoms with E-state index in [1.807, 2.05) is 24.3 Å². The number of likely N-dealkylation sites (tertiary alicyclic amines) is 1. The van der Waals surface area contributed by atoms with E-state index in [1.165, 1.54) is 6.07 Å². The molecule has 2 aromatic rings. The van der Waals surface area contributed by atoms with Crippen molar-refractivity contribution in [1.29, 1.82) is 0 Å². The molecule has 194 valence electrons. The number of carbonyl (C=O) groups excluding carboxylic acids is 1. The van der Waals surface area contributed by atoms with Crippen molar-refractivity contribution in [3.8, 4) is 0 Å². The largest absolute Gasteiger partial charge is 0.383 e. The molecule has 8 nitrogen and oxygen atoms in total. The Bertz CT molecular complexity index is 1140. The first-order valence-electron chi connectivity index (χ1n) is 11.7. The van der Waals surface area contributed by atoms with Crippen LogP contribution in [0.25, 0.3) is 0 Å². The molecule has 2 N–H and O–H groups in total. The van der Waals surface area contributed by atoms with Crippen LogP contribution in [0, 0.1) is 11.6 Å². The number of amides is 2. The lowest BCUT2D eigenvalue weighted by molar-refractivity contribution is 0.159. The van der Waals surface area contributed by atoms with Crippen LogP contribution in [0.2, 0.25) is 0 Å². The van der Waals surface area contributed by atoms with Gasteiger partial charge in [-0.15, -0.1) is 0 Å². The van der Waals surface area contributed by atoms with Crippen molar-refractivity contribution in [2.75, 3.05) is 45.8 Å². The van der Waals surface area contributed by atoms with Gasteiger partial charge in [-0.05, 0) is 40.0 Å². The molecule has 0 spiro atoms. The van der Waals surface area contributed by atoms with Crippen molar-refractivity contribution >= 4 is 27.8 Å². The first-order valence-corrected chi connectivity index (χ1v) is 12.5. The molecule has 4 rings (SSSR count). The van der Waals surface area contributed by atoms with Crippen LogP contribution in [0.15, 0.2) is 47.0 Å². The summed E-state index contributed by atoms with van der Waals surface area (Å²) in [6, 6.07) is 3.11. The molecule has 1 fully saturated rings. The van der Waals surface area contributed by atoms with E-state index < -0.39 is 17.7 Å². The maximum atomic E-state index is 14.0. The van der Waals surface area contributed by atoms with Crippen LogP contribution in [0.3, 0.4) is 0 Å². The van der Waals surface area contributed by atoms with Gasteiger partial charge in [-0.25, -0.2) is 18.3 Å². The summed E-state index contributed by atoms with van der Waals surface area (Å²) < 4.78 is 40.4. The molecule has 1 aromatic carbocycles. The highest BCUT2D eigenvalue weighted by atomic mass is 79.9. The molecule has 1 aromatic heterocycles. The molecule has 0 radical (unpaired) electrons. The summed E-state index contributed by atoms with van der Waals surface area (Å²) >= 11 is 3.57. The van der Waals surface area contributed by atoms with Gasteiger partial charge in [-0.2, -0.15) is 5.10 Å². The molecule has 2 heterocycles. The minimum atomic E-state index is -0.904. The summed E-state index contributed by atoms with van der Waals surface area (Å²) in [5.74, 6) is -1.50. The predicted octanol–water partition coefficient (Wildman–Crippen LogP) is 4.36. The molecule has 36 heavy (non-hydrogen) atoms. The fourth-order valence-corrected chi connectivity index (χ4v) is 5.09. The Balaban J connectivity index is 1.54. The van der Waals surface area contributed by atoms with Gasteiger partial charge >= 0.3 is 6.03 Å². The van der Waals surface area contributed by atoms with Gasteiger partial charge in [0.2, 0.25) is 0 Å². The van der Waals surface area contributed by atoms with Gasteiger partial charge in [0.05, 0.1) is 29.8 Å². The first-order chi connectivity index (χ1) is 17.4. The van der Waals surface area contributed by atoms with Gasteiger partial charge in [-0.1, -0.05) is 30.4 Å². The number of nitrogens with one attached hydrogen (secondary N) is 2. The van der Waals surface area contributed by atoms with Crippen molar-refractivity contribution < 1.29 is 23.0 Å². The SMILES string of the molecule is COCCN1C[C@@H](NC(=O)Nc2c(Br)c(COC)nn2C2C=CC=CC2)[C@H](c2ccc(F)c(F)c2)C1. The van der Waals surface area contributed by atoms with Crippen molar-refractivity contribution in [3.63, 3.8) is 0 Å². The number of anilines is 1. The number of rotatable bonds is 9. The molecule has 1 unspecified atom stereocenters. The van der Waals surface area contributed by atoms with Crippen LogP contribution >= 0.6 is 15.9 Å². The van der Waals surface area contributed by atoms with Crippen molar-refractivity contribution in [3.05, 3.63) is 69.9 Å². The number of hydrogen-bond donors (Lipinski definition) is 2. The van der Waals surface area contributed by atoms with Gasteiger partial charge < -0.3 is 14.8 Å². The number of nitrogens with zero attached hydrogens (tertiary/aromatic N) is 3. The zero-order chi connectivity index (χ0) is 25.7. The molecule has 0 bridgehead atoms. The van der Waals surface area contributed by atoms with Crippen LogP contribution in [0.1, 0.15) is 29.6 Å². The lowest BCUT2D eigenvalue weighted by atomic mass is 9.94. The molecular formula is C25H30BrF2N5O3. The lowest BCUT2D eigenvalue weighted by Gasteiger charge is -2.22. The minimum absolute atomic E-state index is 0.0573. The van der Waals surface area contributed by atoms with Crippen molar-refractivity contribution in [2.24, 2.45) is 0 Å². The predicted molar refractivity (Wildman–Crippen MR) is 136 cm³/mol. The number of benzene rings is 1. The second-order valence-corrected chi connectivity index (χ2v) is 9.63. The van der Waals surface area contributed by atoms with E-state index in [-0.39, 0.29) is 24.6 Å². The Hall–Kier alpha value is -2.60. The Labute approximate surface area is 217 Å². The van der Waals surface area contributed by atoms with Gasteiger partial charge in [-0.3, -0.25) is 10.2 Å². The average Bonchev–Trinajstić information content (AvgIpc) is 3.41. The molecule has 1 saturated heterocycles.